The van der Waals surface area contributed by atoms with Gasteiger partial charge in [-0.15, -0.1) is 0 Å². The molecule has 2 aromatic rings. The third kappa shape index (κ3) is 3.17. The number of halogens is 6. The molecule has 0 aliphatic heterocycles. The molecule has 2 rings (SSSR count). The van der Waals surface area contributed by atoms with Crippen molar-refractivity contribution in [2.45, 2.75) is 4.83 Å². The van der Waals surface area contributed by atoms with Gasteiger partial charge in [0.1, 0.15) is 23.3 Å². The van der Waals surface area contributed by atoms with Crippen LogP contribution >= 0.6 is 31.9 Å². The summed E-state index contributed by atoms with van der Waals surface area (Å²) in [5.74, 6) is -2.90. The highest BCUT2D eigenvalue weighted by molar-refractivity contribution is 9.10. The number of hydrogen-bond donors (Lipinski definition) is 0. The molecule has 0 nitrogen and oxygen atoms in total. The van der Waals surface area contributed by atoms with E-state index >= 15 is 0 Å². The lowest BCUT2D eigenvalue weighted by Crippen LogP contribution is -2.00. The molecule has 0 saturated heterocycles. The van der Waals surface area contributed by atoms with Gasteiger partial charge in [-0.05, 0) is 45.8 Å². The predicted octanol–water partition coefficient (Wildman–Crippen LogP) is 5.49. The van der Waals surface area contributed by atoms with E-state index < -0.39 is 28.1 Å². The molecule has 100 valence electrons. The van der Waals surface area contributed by atoms with Crippen LogP contribution in [-0.2, 0) is 0 Å². The summed E-state index contributed by atoms with van der Waals surface area (Å²) in [5.41, 5.74) is 0.129. The Morgan fingerprint density at radius 3 is 1.95 bits per heavy atom. The summed E-state index contributed by atoms with van der Waals surface area (Å²) in [6.07, 6.45) is 0. The van der Waals surface area contributed by atoms with E-state index in [9.17, 15) is 17.6 Å². The van der Waals surface area contributed by atoms with Crippen molar-refractivity contribution in [3.63, 3.8) is 0 Å². The Kier molecular flexibility index (Phi) is 4.30. The number of rotatable bonds is 2. The van der Waals surface area contributed by atoms with E-state index in [2.05, 4.69) is 31.9 Å². The molecule has 2 aromatic carbocycles. The second kappa shape index (κ2) is 5.63. The average Bonchev–Trinajstić information content (AvgIpc) is 2.31. The van der Waals surface area contributed by atoms with Gasteiger partial charge < -0.3 is 0 Å². The van der Waals surface area contributed by atoms with Crippen LogP contribution in [-0.4, -0.2) is 0 Å². The van der Waals surface area contributed by atoms with Crippen molar-refractivity contribution in [3.05, 3.63) is 69.2 Å². The van der Waals surface area contributed by atoms with Crippen LogP contribution in [0.5, 0.6) is 0 Å². The first-order chi connectivity index (χ1) is 8.88. The van der Waals surface area contributed by atoms with Crippen LogP contribution in [0.1, 0.15) is 16.0 Å². The van der Waals surface area contributed by atoms with Gasteiger partial charge in [0.25, 0.3) is 0 Å². The lowest BCUT2D eigenvalue weighted by atomic mass is 10.0. The van der Waals surface area contributed by atoms with Crippen molar-refractivity contribution in [1.29, 1.82) is 0 Å². The van der Waals surface area contributed by atoms with Gasteiger partial charge in [0.05, 0.1) is 9.30 Å². The summed E-state index contributed by atoms with van der Waals surface area (Å²) in [4.78, 5) is -0.847. The van der Waals surface area contributed by atoms with Gasteiger partial charge in [-0.2, -0.15) is 0 Å². The topological polar surface area (TPSA) is 0 Å². The minimum Gasteiger partial charge on any atom is -0.207 e. The Labute approximate surface area is 123 Å². The largest absolute Gasteiger partial charge is 0.207 e. The van der Waals surface area contributed by atoms with Gasteiger partial charge in [-0.1, -0.05) is 15.9 Å². The van der Waals surface area contributed by atoms with E-state index in [0.717, 1.165) is 24.3 Å². The summed E-state index contributed by atoms with van der Waals surface area (Å²) in [5, 5.41) is 0. The number of alkyl halides is 1. The molecule has 0 N–H and O–H groups in total. The van der Waals surface area contributed by atoms with Crippen molar-refractivity contribution >= 4 is 31.9 Å². The van der Waals surface area contributed by atoms with E-state index in [1.165, 1.54) is 0 Å². The molecule has 0 aromatic heterocycles. The van der Waals surface area contributed by atoms with Crippen LogP contribution in [0.2, 0.25) is 0 Å². The number of benzene rings is 2. The molecule has 1 unspecified atom stereocenters. The Balaban J connectivity index is 2.49. The minimum atomic E-state index is -0.847. The third-order valence-corrected chi connectivity index (χ3v) is 4.12. The summed E-state index contributed by atoms with van der Waals surface area (Å²) >= 11 is 5.98. The van der Waals surface area contributed by atoms with Gasteiger partial charge in [0.2, 0.25) is 0 Å². The van der Waals surface area contributed by atoms with Gasteiger partial charge in [0.15, 0.2) is 0 Å². The zero-order chi connectivity index (χ0) is 14.2. The van der Waals surface area contributed by atoms with Crippen LogP contribution in [0.15, 0.2) is 34.8 Å². The van der Waals surface area contributed by atoms with E-state index in [-0.39, 0.29) is 15.6 Å². The first kappa shape index (κ1) is 14.5. The maximum absolute atomic E-state index is 13.8. The molecular formula is C13H6Br2F4. The molecule has 19 heavy (non-hydrogen) atoms. The Hall–Kier alpha value is -0.880. The van der Waals surface area contributed by atoms with E-state index in [1.807, 2.05) is 0 Å². The standard InChI is InChI=1S/C13H6Br2F4/c14-10-5-11(18)9(4-12(10)19)13(15)6-1-7(16)3-8(17)2-6/h1-5,13H. The number of hydrogen-bond acceptors (Lipinski definition) is 0. The van der Waals surface area contributed by atoms with Crippen LogP contribution in [0.4, 0.5) is 17.6 Å². The summed E-state index contributed by atoms with van der Waals surface area (Å²) in [6, 6.07) is 4.77. The van der Waals surface area contributed by atoms with Crippen molar-refractivity contribution in [2.24, 2.45) is 0 Å². The second-order valence-corrected chi connectivity index (χ2v) is 5.62. The van der Waals surface area contributed by atoms with Crippen LogP contribution in [0.3, 0.4) is 0 Å². The molecule has 0 bridgehead atoms. The van der Waals surface area contributed by atoms with E-state index in [1.54, 1.807) is 0 Å². The highest BCUT2D eigenvalue weighted by Gasteiger charge is 2.18. The van der Waals surface area contributed by atoms with Crippen molar-refractivity contribution in [1.82, 2.24) is 0 Å². The minimum absolute atomic E-state index is 0.0149. The molecule has 0 aliphatic carbocycles. The summed E-state index contributed by atoms with van der Waals surface area (Å²) < 4.78 is 53.4. The quantitative estimate of drug-likeness (QED) is 0.357. The highest BCUT2D eigenvalue weighted by atomic mass is 79.9. The maximum atomic E-state index is 13.8. The van der Waals surface area contributed by atoms with E-state index in [4.69, 9.17) is 0 Å². The SMILES string of the molecule is Fc1cc(F)cc(C(Br)c2cc(F)c(Br)cc2F)c1. The van der Waals surface area contributed by atoms with Crippen LogP contribution < -0.4 is 0 Å². The normalized spacial score (nSPS) is 12.5. The Morgan fingerprint density at radius 1 is 0.789 bits per heavy atom. The van der Waals surface area contributed by atoms with Gasteiger partial charge >= 0.3 is 0 Å². The monoisotopic (exact) mass is 396 g/mol. The fourth-order valence-electron chi connectivity index (χ4n) is 1.63. The van der Waals surface area contributed by atoms with Gasteiger partial charge in [-0.3, -0.25) is 0 Å². The first-order valence-corrected chi connectivity index (χ1v) is 6.84. The fraction of sp³-hybridized carbons (Fsp3) is 0.0769. The molecule has 1 atom stereocenters. The van der Waals surface area contributed by atoms with Crippen LogP contribution in [0, 0.1) is 23.3 Å². The third-order valence-electron chi connectivity index (χ3n) is 2.49. The fourth-order valence-corrected chi connectivity index (χ4v) is 2.56. The lowest BCUT2D eigenvalue weighted by Gasteiger charge is -2.13. The zero-order valence-corrected chi connectivity index (χ0v) is 12.4. The van der Waals surface area contributed by atoms with E-state index in [0.29, 0.717) is 6.07 Å². The molecule has 0 spiro atoms. The summed E-state index contributed by atoms with van der Waals surface area (Å²) in [6.45, 7) is 0. The predicted molar refractivity (Wildman–Crippen MR) is 71.2 cm³/mol. The van der Waals surface area contributed by atoms with Crippen LogP contribution in [0.25, 0.3) is 0 Å². The maximum Gasteiger partial charge on any atom is 0.137 e. The molecule has 0 fully saturated rings. The Bertz CT molecular complexity index is 608. The summed E-state index contributed by atoms with van der Waals surface area (Å²) in [7, 11) is 0. The highest BCUT2D eigenvalue weighted by Crippen LogP contribution is 2.35. The Morgan fingerprint density at radius 2 is 1.37 bits per heavy atom. The lowest BCUT2D eigenvalue weighted by molar-refractivity contribution is 0.574. The van der Waals surface area contributed by atoms with Crippen molar-refractivity contribution in [3.8, 4) is 0 Å². The molecule has 0 aliphatic rings. The van der Waals surface area contributed by atoms with Gasteiger partial charge in [0, 0.05) is 11.6 Å². The van der Waals surface area contributed by atoms with Gasteiger partial charge in [-0.25, -0.2) is 17.6 Å². The molecule has 6 heteroatoms. The first-order valence-electron chi connectivity index (χ1n) is 5.13. The molecule has 0 heterocycles. The van der Waals surface area contributed by atoms with Crippen molar-refractivity contribution < 1.29 is 17.6 Å². The smallest absolute Gasteiger partial charge is 0.137 e. The molecule has 0 saturated carbocycles. The molecule has 0 amide bonds. The molecule has 0 radical (unpaired) electrons. The second-order valence-electron chi connectivity index (χ2n) is 3.85. The molecular weight excluding hydrogens is 392 g/mol. The average molecular weight is 398 g/mol. The zero-order valence-electron chi connectivity index (χ0n) is 9.23. The van der Waals surface area contributed by atoms with Crippen molar-refractivity contribution in [2.75, 3.05) is 0 Å².